The van der Waals surface area contributed by atoms with E-state index in [2.05, 4.69) is 5.32 Å². The Morgan fingerprint density at radius 1 is 1.21 bits per heavy atom. The van der Waals surface area contributed by atoms with Gasteiger partial charge < -0.3 is 15.0 Å². The van der Waals surface area contributed by atoms with Gasteiger partial charge in [0.2, 0.25) is 0 Å². The molecule has 0 spiro atoms. The van der Waals surface area contributed by atoms with E-state index in [0.717, 1.165) is 25.7 Å². The van der Waals surface area contributed by atoms with Gasteiger partial charge in [-0.25, -0.2) is 4.39 Å². The van der Waals surface area contributed by atoms with E-state index in [4.69, 9.17) is 4.74 Å². The minimum atomic E-state index is -1.08. The van der Waals surface area contributed by atoms with Crippen LogP contribution in [0.5, 0.6) is 5.75 Å². The Morgan fingerprint density at radius 2 is 1.93 bits per heavy atom. The minimum absolute atomic E-state index is 0.0684. The van der Waals surface area contributed by atoms with Crippen LogP contribution in [-0.4, -0.2) is 23.5 Å². The van der Waals surface area contributed by atoms with Gasteiger partial charge in [-0.05, 0) is 51.0 Å². The zero-order valence-electron chi connectivity index (χ0n) is 16.7. The molecule has 1 saturated carbocycles. The molecular weight excluding hydrogens is 371 g/mol. The van der Waals surface area contributed by atoms with Crippen LogP contribution in [0.3, 0.4) is 0 Å². The van der Waals surface area contributed by atoms with E-state index in [1.807, 2.05) is 0 Å². The van der Waals surface area contributed by atoms with Gasteiger partial charge >= 0.3 is 0 Å². The second-order valence-corrected chi connectivity index (χ2v) is 8.23. The molecule has 1 N–H and O–H groups in total. The molecule has 0 radical (unpaired) electrons. The molecule has 0 aromatic heterocycles. The summed E-state index contributed by atoms with van der Waals surface area (Å²) in [5.41, 5.74) is 0.276. The molecule has 29 heavy (non-hydrogen) atoms. The number of halogens is 1. The second-order valence-electron chi connectivity index (χ2n) is 8.23. The molecule has 0 unspecified atom stereocenters. The van der Waals surface area contributed by atoms with Crippen molar-refractivity contribution >= 4 is 17.5 Å². The predicted molar refractivity (Wildman–Crippen MR) is 108 cm³/mol. The molecule has 6 heteroatoms. The van der Waals surface area contributed by atoms with Gasteiger partial charge in [0.15, 0.2) is 5.60 Å². The van der Waals surface area contributed by atoms with Crippen molar-refractivity contribution in [2.45, 2.75) is 57.7 Å². The molecule has 0 bridgehead atoms. The number of nitrogens with zero attached hydrogens (tertiary/aromatic N) is 1. The van der Waals surface area contributed by atoms with Gasteiger partial charge in [0, 0.05) is 17.2 Å². The Labute approximate surface area is 169 Å². The Balaban J connectivity index is 1.67. The average molecular weight is 396 g/mol. The fourth-order valence-corrected chi connectivity index (χ4v) is 4.00. The molecule has 4 rings (SSSR count). The SMILES string of the molecule is CC1(C)Oc2ccc(C(=O)NC3CCCC3)cc2N(Cc2ccccc2F)C1=O. The van der Waals surface area contributed by atoms with Gasteiger partial charge in [-0.1, -0.05) is 31.0 Å². The normalized spacial score (nSPS) is 18.3. The molecule has 1 aliphatic carbocycles. The van der Waals surface area contributed by atoms with Crippen molar-refractivity contribution < 1.29 is 18.7 Å². The molecule has 2 aromatic carbocycles. The summed E-state index contributed by atoms with van der Waals surface area (Å²) < 4.78 is 20.1. The van der Waals surface area contributed by atoms with Crippen LogP contribution in [-0.2, 0) is 11.3 Å². The fraction of sp³-hybridized carbons (Fsp3) is 0.391. The van der Waals surface area contributed by atoms with E-state index < -0.39 is 5.60 Å². The van der Waals surface area contributed by atoms with Crippen LogP contribution >= 0.6 is 0 Å². The van der Waals surface area contributed by atoms with Crippen molar-refractivity contribution in [2.75, 3.05) is 4.90 Å². The molecule has 1 heterocycles. The lowest BCUT2D eigenvalue weighted by Gasteiger charge is -2.39. The number of hydrogen-bond donors (Lipinski definition) is 1. The standard InChI is InChI=1S/C23H25FN2O3/c1-23(2)22(28)26(14-16-7-3-6-10-18(16)24)19-13-15(11-12-20(19)29-23)21(27)25-17-8-4-5-9-17/h3,6-7,10-13,17H,4-5,8-9,14H2,1-2H3,(H,25,27). The number of benzene rings is 2. The topological polar surface area (TPSA) is 58.6 Å². The maximum Gasteiger partial charge on any atom is 0.271 e. The largest absolute Gasteiger partial charge is 0.476 e. The number of carbonyl (C=O) groups excluding carboxylic acids is 2. The monoisotopic (exact) mass is 396 g/mol. The first-order valence-corrected chi connectivity index (χ1v) is 10.0. The number of ether oxygens (including phenoxy) is 1. The van der Waals surface area contributed by atoms with Crippen LogP contribution in [0.4, 0.5) is 10.1 Å². The summed E-state index contributed by atoms with van der Waals surface area (Å²) in [4.78, 5) is 27.3. The van der Waals surface area contributed by atoms with Crippen molar-refractivity contribution in [1.29, 1.82) is 0 Å². The van der Waals surface area contributed by atoms with Crippen molar-refractivity contribution in [1.82, 2.24) is 5.32 Å². The number of rotatable bonds is 4. The van der Waals surface area contributed by atoms with Crippen LogP contribution in [0, 0.1) is 5.82 Å². The first-order chi connectivity index (χ1) is 13.8. The summed E-state index contributed by atoms with van der Waals surface area (Å²) in [6.45, 7) is 3.44. The van der Waals surface area contributed by atoms with Crippen LogP contribution in [0.25, 0.3) is 0 Å². The first kappa shape index (κ1) is 19.4. The third-order valence-electron chi connectivity index (χ3n) is 5.61. The van der Waals surface area contributed by atoms with E-state index in [1.54, 1.807) is 50.2 Å². The molecule has 2 amide bonds. The average Bonchev–Trinajstić information content (AvgIpc) is 3.19. The number of amides is 2. The van der Waals surface area contributed by atoms with E-state index in [9.17, 15) is 14.0 Å². The van der Waals surface area contributed by atoms with E-state index in [1.165, 1.54) is 11.0 Å². The number of nitrogens with one attached hydrogen (secondary N) is 1. The fourth-order valence-electron chi connectivity index (χ4n) is 4.00. The Hall–Kier alpha value is -2.89. The second kappa shape index (κ2) is 7.50. The number of anilines is 1. The molecule has 1 fully saturated rings. The van der Waals surface area contributed by atoms with Crippen molar-refractivity contribution in [2.24, 2.45) is 0 Å². The van der Waals surface area contributed by atoms with Crippen LogP contribution in [0.1, 0.15) is 55.5 Å². The van der Waals surface area contributed by atoms with Gasteiger partial charge in [0.1, 0.15) is 11.6 Å². The van der Waals surface area contributed by atoms with Gasteiger partial charge in [-0.3, -0.25) is 9.59 Å². The maximum atomic E-state index is 14.2. The smallest absolute Gasteiger partial charge is 0.271 e. The number of fused-ring (bicyclic) bond motifs is 1. The minimum Gasteiger partial charge on any atom is -0.476 e. The Bertz CT molecular complexity index is 951. The summed E-state index contributed by atoms with van der Waals surface area (Å²) in [6.07, 6.45) is 4.24. The van der Waals surface area contributed by atoms with Crippen molar-refractivity contribution in [3.8, 4) is 5.75 Å². The zero-order chi connectivity index (χ0) is 20.6. The molecule has 152 valence electrons. The predicted octanol–water partition coefficient (Wildman–Crippen LogP) is 4.20. The molecule has 0 atom stereocenters. The quantitative estimate of drug-likeness (QED) is 0.843. The molecule has 2 aliphatic rings. The summed E-state index contributed by atoms with van der Waals surface area (Å²) in [7, 11) is 0. The molecule has 0 saturated heterocycles. The summed E-state index contributed by atoms with van der Waals surface area (Å²) in [6, 6.07) is 11.7. The summed E-state index contributed by atoms with van der Waals surface area (Å²) >= 11 is 0. The lowest BCUT2D eigenvalue weighted by Crippen LogP contribution is -2.52. The van der Waals surface area contributed by atoms with Crippen molar-refractivity contribution in [3.63, 3.8) is 0 Å². The maximum absolute atomic E-state index is 14.2. The van der Waals surface area contributed by atoms with Gasteiger partial charge in [-0.2, -0.15) is 0 Å². The summed E-state index contributed by atoms with van der Waals surface area (Å²) in [5.74, 6) is -0.311. The van der Waals surface area contributed by atoms with Crippen LogP contribution in [0.2, 0.25) is 0 Å². The van der Waals surface area contributed by atoms with Crippen LogP contribution in [0.15, 0.2) is 42.5 Å². The first-order valence-electron chi connectivity index (χ1n) is 10.0. The van der Waals surface area contributed by atoms with Crippen molar-refractivity contribution in [3.05, 3.63) is 59.4 Å². The highest BCUT2D eigenvalue weighted by Crippen LogP contribution is 2.39. The zero-order valence-corrected chi connectivity index (χ0v) is 16.7. The third kappa shape index (κ3) is 3.84. The lowest BCUT2D eigenvalue weighted by molar-refractivity contribution is -0.132. The van der Waals surface area contributed by atoms with E-state index in [0.29, 0.717) is 22.6 Å². The highest BCUT2D eigenvalue weighted by atomic mass is 19.1. The highest BCUT2D eigenvalue weighted by Gasteiger charge is 2.41. The number of carbonyl (C=O) groups is 2. The van der Waals surface area contributed by atoms with Crippen LogP contribution < -0.4 is 15.0 Å². The van der Waals surface area contributed by atoms with Gasteiger partial charge in [-0.15, -0.1) is 0 Å². The molecular formula is C23H25FN2O3. The Kier molecular flexibility index (Phi) is 5.03. The summed E-state index contributed by atoms with van der Waals surface area (Å²) in [5, 5.41) is 3.06. The van der Waals surface area contributed by atoms with E-state index in [-0.39, 0.29) is 30.2 Å². The molecule has 1 aliphatic heterocycles. The van der Waals surface area contributed by atoms with Gasteiger partial charge in [0.05, 0.1) is 12.2 Å². The molecule has 5 nitrogen and oxygen atoms in total. The van der Waals surface area contributed by atoms with E-state index >= 15 is 0 Å². The van der Waals surface area contributed by atoms with Gasteiger partial charge in [0.25, 0.3) is 11.8 Å². The highest BCUT2D eigenvalue weighted by molar-refractivity contribution is 6.04. The number of hydrogen-bond acceptors (Lipinski definition) is 3. The third-order valence-corrected chi connectivity index (χ3v) is 5.61. The Morgan fingerprint density at radius 3 is 2.66 bits per heavy atom. The lowest BCUT2D eigenvalue weighted by atomic mass is 10.0. The molecule has 2 aromatic rings.